The van der Waals surface area contributed by atoms with E-state index in [9.17, 15) is 26.4 Å². The molecule has 2 aliphatic rings. The maximum absolute atomic E-state index is 13.3. The molecule has 5 rings (SSSR count). The van der Waals surface area contributed by atoms with Crippen molar-refractivity contribution in [2.75, 3.05) is 65.0 Å². The van der Waals surface area contributed by atoms with E-state index < -0.39 is 20.4 Å². The Labute approximate surface area is 270 Å². The van der Waals surface area contributed by atoms with Gasteiger partial charge in [-0.25, -0.2) is 4.98 Å². The minimum absolute atomic E-state index is 0.149. The standard InChI is InChI=1S/C30H42N8O6S2/c1-34(2)45(41,42)36-16-12-23(13-17-36)28(39)31-25-9-7-8-22(20-25)21-38-27-11-6-5-10-26(27)32-30(38)33-29(40)24-14-18-37(19-15-24)46(43,44)35(3)4/h5-11,20,23-24H,12-19,21H2,1-4H3,(H,31,39)(H,32,33,40). The summed E-state index contributed by atoms with van der Waals surface area (Å²) in [6, 6.07) is 15.1. The van der Waals surface area contributed by atoms with E-state index in [4.69, 9.17) is 0 Å². The largest absolute Gasteiger partial charge is 0.326 e. The minimum Gasteiger partial charge on any atom is -0.326 e. The van der Waals surface area contributed by atoms with Crippen molar-refractivity contribution in [1.82, 2.24) is 26.8 Å². The van der Waals surface area contributed by atoms with Crippen molar-refractivity contribution >= 4 is 54.9 Å². The predicted octanol–water partition coefficient (Wildman–Crippen LogP) is 2.00. The fourth-order valence-electron chi connectivity index (χ4n) is 5.88. The summed E-state index contributed by atoms with van der Waals surface area (Å²) in [5, 5.41) is 5.99. The number of hydrogen-bond donors (Lipinski definition) is 2. The number of benzene rings is 2. The molecule has 2 aromatic carbocycles. The molecular formula is C30H42N8O6S2. The average Bonchev–Trinajstić information content (AvgIpc) is 3.37. The van der Waals surface area contributed by atoms with Crippen LogP contribution in [0.15, 0.2) is 48.5 Å². The molecule has 2 saturated heterocycles. The lowest BCUT2D eigenvalue weighted by molar-refractivity contribution is -0.121. The number of nitrogens with one attached hydrogen (secondary N) is 2. The maximum atomic E-state index is 13.3. The molecule has 2 fully saturated rings. The Balaban J connectivity index is 1.25. The van der Waals surface area contributed by atoms with Crippen molar-refractivity contribution in [3.05, 3.63) is 54.1 Å². The van der Waals surface area contributed by atoms with Gasteiger partial charge in [-0.1, -0.05) is 24.3 Å². The van der Waals surface area contributed by atoms with Gasteiger partial charge in [-0.3, -0.25) is 14.9 Å². The van der Waals surface area contributed by atoms with Crippen LogP contribution in [-0.2, 0) is 36.6 Å². The van der Waals surface area contributed by atoms with Crippen LogP contribution in [0, 0.1) is 11.8 Å². The van der Waals surface area contributed by atoms with Gasteiger partial charge in [-0.05, 0) is 55.5 Å². The van der Waals surface area contributed by atoms with Gasteiger partial charge >= 0.3 is 0 Å². The number of rotatable bonds is 10. The monoisotopic (exact) mass is 674 g/mol. The summed E-state index contributed by atoms with van der Waals surface area (Å²) < 4.78 is 56.9. The number of fused-ring (bicyclic) bond motifs is 1. The van der Waals surface area contributed by atoms with Crippen molar-refractivity contribution in [2.45, 2.75) is 32.2 Å². The third-order valence-corrected chi connectivity index (χ3v) is 12.5. The van der Waals surface area contributed by atoms with E-state index in [0.717, 1.165) is 16.6 Å². The molecule has 0 radical (unpaired) electrons. The first-order valence-electron chi connectivity index (χ1n) is 15.3. The van der Waals surface area contributed by atoms with Crippen LogP contribution in [0.4, 0.5) is 11.6 Å². The Kier molecular flexibility index (Phi) is 10.1. The number of para-hydroxylation sites is 2. The Morgan fingerprint density at radius 1 is 0.761 bits per heavy atom. The summed E-state index contributed by atoms with van der Waals surface area (Å²) in [5.74, 6) is -0.612. The van der Waals surface area contributed by atoms with Crippen LogP contribution in [0.5, 0.6) is 0 Å². The maximum Gasteiger partial charge on any atom is 0.281 e. The van der Waals surface area contributed by atoms with Crippen molar-refractivity contribution in [2.24, 2.45) is 11.8 Å². The molecule has 2 aliphatic heterocycles. The zero-order valence-corrected chi connectivity index (χ0v) is 28.2. The molecule has 3 heterocycles. The zero-order valence-electron chi connectivity index (χ0n) is 26.6. The molecule has 0 bridgehead atoms. The van der Waals surface area contributed by atoms with Gasteiger partial charge in [0.05, 0.1) is 17.6 Å². The average molecular weight is 675 g/mol. The quantitative estimate of drug-likeness (QED) is 0.333. The van der Waals surface area contributed by atoms with Gasteiger partial charge in [0, 0.05) is 71.9 Å². The van der Waals surface area contributed by atoms with Gasteiger partial charge in [0.2, 0.25) is 17.8 Å². The third kappa shape index (κ3) is 7.26. The number of hydrogen-bond acceptors (Lipinski definition) is 7. The van der Waals surface area contributed by atoms with E-state index >= 15 is 0 Å². The fraction of sp³-hybridized carbons (Fsp3) is 0.500. The SMILES string of the molecule is CN(C)S(=O)(=O)N1CCC(C(=O)Nc2cccc(Cn3c(NC(=O)C4CCN(S(=O)(=O)N(C)C)CC4)nc4ccccc43)c2)CC1. The second kappa shape index (κ2) is 13.8. The summed E-state index contributed by atoms with van der Waals surface area (Å²) in [6.07, 6.45) is 1.69. The molecule has 0 saturated carbocycles. The van der Waals surface area contributed by atoms with Crippen molar-refractivity contribution in [1.29, 1.82) is 0 Å². The zero-order chi connectivity index (χ0) is 33.2. The van der Waals surface area contributed by atoms with E-state index in [2.05, 4.69) is 15.6 Å². The number of nitrogens with zero attached hydrogens (tertiary/aromatic N) is 6. The summed E-state index contributed by atoms with van der Waals surface area (Å²) in [5.41, 5.74) is 3.06. The second-order valence-electron chi connectivity index (χ2n) is 12.1. The first-order chi connectivity index (χ1) is 21.8. The molecule has 1 aromatic heterocycles. The van der Waals surface area contributed by atoms with E-state index in [1.807, 2.05) is 53.1 Å². The number of piperidine rings is 2. The van der Waals surface area contributed by atoms with Gasteiger partial charge in [-0.2, -0.15) is 34.1 Å². The first kappa shape index (κ1) is 33.9. The Bertz CT molecular complexity index is 1790. The lowest BCUT2D eigenvalue weighted by Crippen LogP contribution is -2.46. The van der Waals surface area contributed by atoms with Crippen LogP contribution >= 0.6 is 0 Å². The van der Waals surface area contributed by atoms with Gasteiger partial charge < -0.3 is 9.88 Å². The van der Waals surface area contributed by atoms with E-state index in [0.29, 0.717) is 43.9 Å². The smallest absolute Gasteiger partial charge is 0.281 e. The number of imidazole rings is 1. The molecule has 46 heavy (non-hydrogen) atoms. The normalized spacial score (nSPS) is 18.0. The Hall–Kier alpha value is -3.41. The molecule has 0 atom stereocenters. The van der Waals surface area contributed by atoms with E-state index in [1.165, 1.54) is 45.4 Å². The number of anilines is 2. The lowest BCUT2D eigenvalue weighted by Gasteiger charge is -2.32. The topological polar surface area (TPSA) is 157 Å². The molecule has 14 nitrogen and oxygen atoms in total. The minimum atomic E-state index is -3.53. The summed E-state index contributed by atoms with van der Waals surface area (Å²) >= 11 is 0. The molecule has 0 spiro atoms. The Morgan fingerprint density at radius 3 is 1.83 bits per heavy atom. The van der Waals surface area contributed by atoms with Crippen LogP contribution in [0.3, 0.4) is 0 Å². The van der Waals surface area contributed by atoms with Crippen LogP contribution < -0.4 is 10.6 Å². The Morgan fingerprint density at radius 2 is 1.28 bits per heavy atom. The van der Waals surface area contributed by atoms with Crippen LogP contribution in [0.1, 0.15) is 31.2 Å². The number of carbonyl (C=O) groups is 2. The van der Waals surface area contributed by atoms with E-state index in [1.54, 1.807) is 0 Å². The summed E-state index contributed by atoms with van der Waals surface area (Å²) in [7, 11) is -1.05. The lowest BCUT2D eigenvalue weighted by atomic mass is 9.97. The number of amides is 2. The van der Waals surface area contributed by atoms with E-state index in [-0.39, 0.29) is 49.8 Å². The fourth-order valence-corrected chi connectivity index (χ4v) is 8.15. The van der Waals surface area contributed by atoms with Gasteiger partial charge in [0.15, 0.2) is 0 Å². The van der Waals surface area contributed by atoms with Crippen molar-refractivity contribution in [3.8, 4) is 0 Å². The van der Waals surface area contributed by atoms with Crippen LogP contribution in [-0.4, -0.2) is 110 Å². The van der Waals surface area contributed by atoms with Gasteiger partial charge in [-0.15, -0.1) is 0 Å². The highest BCUT2D eigenvalue weighted by atomic mass is 32.2. The first-order valence-corrected chi connectivity index (χ1v) is 18.1. The third-order valence-electron chi connectivity index (χ3n) is 8.65. The molecule has 0 unspecified atom stereocenters. The highest BCUT2D eigenvalue weighted by Gasteiger charge is 2.34. The summed E-state index contributed by atoms with van der Waals surface area (Å²) in [6.45, 7) is 1.48. The number of carbonyl (C=O) groups excluding carboxylic acids is 2. The van der Waals surface area contributed by atoms with Crippen LogP contribution in [0.25, 0.3) is 11.0 Å². The molecule has 16 heteroatoms. The predicted molar refractivity (Wildman–Crippen MR) is 176 cm³/mol. The van der Waals surface area contributed by atoms with Gasteiger partial charge in [0.25, 0.3) is 20.4 Å². The van der Waals surface area contributed by atoms with Crippen molar-refractivity contribution < 1.29 is 26.4 Å². The molecule has 2 N–H and O–H groups in total. The molecule has 250 valence electrons. The molecule has 0 aliphatic carbocycles. The highest BCUT2D eigenvalue weighted by Crippen LogP contribution is 2.27. The molecule has 2 amide bonds. The molecular weight excluding hydrogens is 633 g/mol. The van der Waals surface area contributed by atoms with Gasteiger partial charge in [0.1, 0.15) is 0 Å². The molecule has 3 aromatic rings. The van der Waals surface area contributed by atoms with Crippen LogP contribution in [0.2, 0.25) is 0 Å². The highest BCUT2D eigenvalue weighted by molar-refractivity contribution is 7.87. The number of aromatic nitrogens is 2. The van der Waals surface area contributed by atoms with Crippen molar-refractivity contribution in [3.63, 3.8) is 0 Å². The summed E-state index contributed by atoms with van der Waals surface area (Å²) in [4.78, 5) is 31.1. The second-order valence-corrected chi connectivity index (χ2v) is 16.4.